The van der Waals surface area contributed by atoms with Gasteiger partial charge in [-0.3, -0.25) is 0 Å². The van der Waals surface area contributed by atoms with Crippen molar-refractivity contribution in [2.45, 2.75) is 32.5 Å². The van der Waals surface area contributed by atoms with Gasteiger partial charge in [-0.1, -0.05) is 0 Å². The molecule has 0 fully saturated rings. The van der Waals surface area contributed by atoms with Crippen LogP contribution in [0.25, 0.3) is 0 Å². The number of alkyl halides is 3. The zero-order valence-corrected chi connectivity index (χ0v) is 12.0. The minimum absolute atomic E-state index is 0.0536. The van der Waals surface area contributed by atoms with Crippen molar-refractivity contribution in [2.24, 2.45) is 0 Å². The Morgan fingerprint density at radius 3 is 2.29 bits per heavy atom. The van der Waals surface area contributed by atoms with Crippen LogP contribution in [0.3, 0.4) is 0 Å². The third-order valence-electron chi connectivity index (χ3n) is 2.41. The molecule has 0 amide bonds. The van der Waals surface area contributed by atoms with Crippen LogP contribution in [0.2, 0.25) is 0 Å². The first-order valence-electron chi connectivity index (χ1n) is 6.22. The fourth-order valence-electron chi connectivity index (χ4n) is 1.54. The maximum absolute atomic E-state index is 12.7. The van der Waals surface area contributed by atoms with Gasteiger partial charge in [0.25, 0.3) is 0 Å². The lowest BCUT2D eigenvalue weighted by Crippen LogP contribution is -2.22. The van der Waals surface area contributed by atoms with E-state index in [4.69, 9.17) is 14.6 Å². The van der Waals surface area contributed by atoms with Gasteiger partial charge in [0.2, 0.25) is 0 Å². The second kappa shape index (κ2) is 6.34. The van der Waals surface area contributed by atoms with Crippen LogP contribution in [-0.2, 0) is 10.9 Å². The van der Waals surface area contributed by atoms with Gasteiger partial charge in [-0.25, -0.2) is 4.79 Å². The number of halogens is 3. The minimum atomic E-state index is -4.72. The van der Waals surface area contributed by atoms with Crippen LogP contribution in [0.1, 0.15) is 36.7 Å². The van der Waals surface area contributed by atoms with E-state index in [9.17, 15) is 18.0 Å². The molecule has 0 aliphatic carbocycles. The van der Waals surface area contributed by atoms with E-state index in [1.165, 1.54) is 0 Å². The Bertz CT molecular complexity index is 504. The highest BCUT2D eigenvalue weighted by Gasteiger charge is 2.35. The van der Waals surface area contributed by atoms with Crippen molar-refractivity contribution in [3.8, 4) is 5.75 Å². The van der Waals surface area contributed by atoms with E-state index in [0.29, 0.717) is 6.07 Å². The number of benzene rings is 1. The van der Waals surface area contributed by atoms with Gasteiger partial charge in [-0.2, -0.15) is 13.2 Å². The highest BCUT2D eigenvalue weighted by molar-refractivity contribution is 5.90. The largest absolute Gasteiger partial charge is 0.491 e. The van der Waals surface area contributed by atoms with Gasteiger partial charge < -0.3 is 14.6 Å². The van der Waals surface area contributed by atoms with Crippen molar-refractivity contribution in [3.63, 3.8) is 0 Å². The molecular weight excluding hydrogens is 289 g/mol. The average molecular weight is 306 g/mol. The van der Waals surface area contributed by atoms with Gasteiger partial charge >= 0.3 is 12.1 Å². The van der Waals surface area contributed by atoms with Gasteiger partial charge in [0.05, 0.1) is 23.3 Å². The fraction of sp³-hybridized carbons (Fsp3) is 0.500. The van der Waals surface area contributed by atoms with E-state index in [1.54, 1.807) is 0 Å². The maximum atomic E-state index is 12.7. The third-order valence-corrected chi connectivity index (χ3v) is 2.41. The molecule has 0 aliphatic heterocycles. The molecule has 118 valence electrons. The van der Waals surface area contributed by atoms with Gasteiger partial charge in [0.15, 0.2) is 0 Å². The molecule has 1 aromatic carbocycles. The topological polar surface area (TPSA) is 55.8 Å². The second-order valence-electron chi connectivity index (χ2n) is 5.32. The summed E-state index contributed by atoms with van der Waals surface area (Å²) in [4.78, 5) is 10.9. The average Bonchev–Trinajstić information content (AvgIpc) is 2.32. The molecule has 0 radical (unpaired) electrons. The molecule has 0 unspecified atom stereocenters. The predicted octanol–water partition coefficient (Wildman–Crippen LogP) is 3.60. The molecule has 4 nitrogen and oxygen atoms in total. The molecule has 7 heteroatoms. The summed E-state index contributed by atoms with van der Waals surface area (Å²) in [5.74, 6) is -1.60. The van der Waals surface area contributed by atoms with Crippen LogP contribution in [-0.4, -0.2) is 29.9 Å². The van der Waals surface area contributed by atoms with Crippen LogP contribution < -0.4 is 4.74 Å². The van der Waals surface area contributed by atoms with Crippen LogP contribution in [0, 0.1) is 0 Å². The molecule has 0 saturated heterocycles. The van der Waals surface area contributed by atoms with E-state index in [2.05, 4.69) is 0 Å². The molecule has 0 saturated carbocycles. The number of hydrogen-bond acceptors (Lipinski definition) is 3. The summed E-state index contributed by atoms with van der Waals surface area (Å²) in [5.41, 5.74) is -2.39. The van der Waals surface area contributed by atoms with Crippen LogP contribution in [0.4, 0.5) is 13.2 Å². The standard InChI is InChI=1S/C14H17F3O4/c1-13(2,3)21-7-6-20-9-4-5-11(14(15,16)17)10(8-9)12(18)19/h4-5,8H,6-7H2,1-3H3,(H,18,19). The maximum Gasteiger partial charge on any atom is 0.417 e. The zero-order chi connectivity index (χ0) is 16.3. The molecule has 0 aliphatic rings. The third kappa shape index (κ3) is 5.63. The molecule has 0 aromatic heterocycles. The summed E-state index contributed by atoms with van der Waals surface area (Å²) in [6, 6.07) is 2.65. The van der Waals surface area contributed by atoms with Crippen LogP contribution in [0.15, 0.2) is 18.2 Å². The van der Waals surface area contributed by atoms with E-state index >= 15 is 0 Å². The number of ether oxygens (including phenoxy) is 2. The minimum Gasteiger partial charge on any atom is -0.491 e. The van der Waals surface area contributed by atoms with Crippen molar-refractivity contribution in [1.29, 1.82) is 0 Å². The number of carbonyl (C=O) groups is 1. The fourth-order valence-corrected chi connectivity index (χ4v) is 1.54. The lowest BCUT2D eigenvalue weighted by atomic mass is 10.1. The number of carboxylic acids is 1. The molecule has 21 heavy (non-hydrogen) atoms. The Balaban J connectivity index is 2.78. The monoisotopic (exact) mass is 306 g/mol. The van der Waals surface area contributed by atoms with Crippen molar-refractivity contribution >= 4 is 5.97 Å². The van der Waals surface area contributed by atoms with Crippen molar-refractivity contribution in [1.82, 2.24) is 0 Å². The highest BCUT2D eigenvalue weighted by atomic mass is 19.4. The molecular formula is C14H17F3O4. The van der Waals surface area contributed by atoms with Crippen LogP contribution >= 0.6 is 0 Å². The summed E-state index contributed by atoms with van der Waals surface area (Å²) < 4.78 is 48.6. The Kier molecular flexibility index (Phi) is 5.22. The van der Waals surface area contributed by atoms with E-state index in [1.807, 2.05) is 20.8 Å². The van der Waals surface area contributed by atoms with Gasteiger partial charge in [0.1, 0.15) is 12.4 Å². The van der Waals surface area contributed by atoms with Gasteiger partial charge in [-0.05, 0) is 39.0 Å². The van der Waals surface area contributed by atoms with E-state index < -0.39 is 23.3 Å². The number of carboxylic acid groups (broad SMARTS) is 1. The molecule has 0 heterocycles. The SMILES string of the molecule is CC(C)(C)OCCOc1ccc(C(F)(F)F)c(C(=O)O)c1. The summed E-state index contributed by atoms with van der Waals surface area (Å²) in [6.07, 6.45) is -4.72. The molecule has 0 spiro atoms. The first-order valence-corrected chi connectivity index (χ1v) is 6.22. The van der Waals surface area contributed by atoms with Gasteiger partial charge in [-0.15, -0.1) is 0 Å². The zero-order valence-electron chi connectivity index (χ0n) is 12.0. The predicted molar refractivity (Wildman–Crippen MR) is 69.6 cm³/mol. The molecule has 0 bridgehead atoms. The number of rotatable bonds is 5. The number of aromatic carboxylic acids is 1. The van der Waals surface area contributed by atoms with Gasteiger partial charge in [0, 0.05) is 0 Å². The quantitative estimate of drug-likeness (QED) is 0.845. The van der Waals surface area contributed by atoms with E-state index in [0.717, 1.165) is 12.1 Å². The number of hydrogen-bond donors (Lipinski definition) is 1. The molecule has 1 rings (SSSR count). The Labute approximate surface area is 120 Å². The lowest BCUT2D eigenvalue weighted by Gasteiger charge is -2.19. The van der Waals surface area contributed by atoms with E-state index in [-0.39, 0.29) is 24.6 Å². The Hall–Kier alpha value is -1.76. The highest BCUT2D eigenvalue weighted by Crippen LogP contribution is 2.33. The summed E-state index contributed by atoms with van der Waals surface area (Å²) in [6.45, 7) is 5.92. The Morgan fingerprint density at radius 2 is 1.81 bits per heavy atom. The summed E-state index contributed by atoms with van der Waals surface area (Å²) in [7, 11) is 0. The Morgan fingerprint density at radius 1 is 1.19 bits per heavy atom. The van der Waals surface area contributed by atoms with Crippen molar-refractivity contribution in [3.05, 3.63) is 29.3 Å². The first kappa shape index (κ1) is 17.3. The second-order valence-corrected chi connectivity index (χ2v) is 5.32. The first-order chi connectivity index (χ1) is 9.50. The molecule has 1 N–H and O–H groups in total. The van der Waals surface area contributed by atoms with Crippen molar-refractivity contribution in [2.75, 3.05) is 13.2 Å². The molecule has 1 aromatic rings. The van der Waals surface area contributed by atoms with Crippen LogP contribution in [0.5, 0.6) is 5.75 Å². The summed E-state index contributed by atoms with van der Waals surface area (Å²) >= 11 is 0. The summed E-state index contributed by atoms with van der Waals surface area (Å²) in [5, 5.41) is 8.85. The lowest BCUT2D eigenvalue weighted by molar-refractivity contribution is -0.138. The van der Waals surface area contributed by atoms with Crippen molar-refractivity contribution < 1.29 is 32.5 Å². The normalized spacial score (nSPS) is 12.3. The smallest absolute Gasteiger partial charge is 0.417 e. The molecule has 0 atom stereocenters.